The fourth-order valence-corrected chi connectivity index (χ4v) is 2.69. The summed E-state index contributed by atoms with van der Waals surface area (Å²) >= 11 is 3.62. The molecule has 0 aliphatic heterocycles. The van der Waals surface area contributed by atoms with Crippen molar-refractivity contribution in [2.75, 3.05) is 6.54 Å². The van der Waals surface area contributed by atoms with Crippen LogP contribution in [0.3, 0.4) is 0 Å². The van der Waals surface area contributed by atoms with E-state index >= 15 is 0 Å². The van der Waals surface area contributed by atoms with Gasteiger partial charge in [0.1, 0.15) is 0 Å². The first-order valence-corrected chi connectivity index (χ1v) is 7.01. The standard InChI is InChI=1S/C12H20BrN3/c1-3-7-14-11(9-5-6-9)12-10(13)8-15-16(12)4-2/h8-9,11,14H,3-7H2,1-2H3. The quantitative estimate of drug-likeness (QED) is 0.870. The van der Waals surface area contributed by atoms with Crippen LogP contribution in [0.5, 0.6) is 0 Å². The molecule has 1 aliphatic carbocycles. The molecule has 0 amide bonds. The predicted molar refractivity (Wildman–Crippen MR) is 69.4 cm³/mol. The number of nitrogens with one attached hydrogen (secondary N) is 1. The van der Waals surface area contributed by atoms with Crippen LogP contribution in [0.15, 0.2) is 10.7 Å². The molecule has 1 unspecified atom stereocenters. The molecule has 1 atom stereocenters. The zero-order valence-corrected chi connectivity index (χ0v) is 11.6. The van der Waals surface area contributed by atoms with E-state index in [1.807, 2.05) is 6.20 Å². The average Bonchev–Trinajstić information content (AvgIpc) is 3.05. The van der Waals surface area contributed by atoms with Crippen molar-refractivity contribution in [3.63, 3.8) is 0 Å². The van der Waals surface area contributed by atoms with Crippen molar-refractivity contribution in [2.45, 2.75) is 45.7 Å². The van der Waals surface area contributed by atoms with E-state index in [2.05, 4.69) is 44.9 Å². The van der Waals surface area contributed by atoms with Crippen molar-refractivity contribution in [1.29, 1.82) is 0 Å². The van der Waals surface area contributed by atoms with Gasteiger partial charge in [0.2, 0.25) is 0 Å². The Bertz CT molecular complexity index is 344. The Labute approximate surface area is 106 Å². The lowest BCUT2D eigenvalue weighted by molar-refractivity contribution is 0.439. The van der Waals surface area contributed by atoms with E-state index < -0.39 is 0 Å². The average molecular weight is 286 g/mol. The maximum absolute atomic E-state index is 4.40. The highest BCUT2D eigenvalue weighted by Crippen LogP contribution is 2.42. The first-order valence-electron chi connectivity index (χ1n) is 6.22. The molecule has 1 fully saturated rings. The van der Waals surface area contributed by atoms with E-state index in [1.54, 1.807) is 0 Å². The van der Waals surface area contributed by atoms with Gasteiger partial charge >= 0.3 is 0 Å². The van der Waals surface area contributed by atoms with E-state index in [1.165, 1.54) is 25.0 Å². The van der Waals surface area contributed by atoms with Gasteiger partial charge in [-0.05, 0) is 54.6 Å². The van der Waals surface area contributed by atoms with Gasteiger partial charge in [0, 0.05) is 6.54 Å². The van der Waals surface area contributed by atoms with Gasteiger partial charge in [0.05, 0.1) is 22.4 Å². The maximum atomic E-state index is 4.40. The summed E-state index contributed by atoms with van der Waals surface area (Å²) in [6.45, 7) is 6.39. The molecule has 1 aromatic rings. The molecule has 0 aromatic carbocycles. The molecular formula is C12H20BrN3. The van der Waals surface area contributed by atoms with E-state index in [-0.39, 0.29) is 0 Å². The third-order valence-electron chi connectivity index (χ3n) is 3.14. The van der Waals surface area contributed by atoms with Crippen molar-refractivity contribution in [1.82, 2.24) is 15.1 Å². The Morgan fingerprint density at radius 3 is 2.88 bits per heavy atom. The van der Waals surface area contributed by atoms with Crippen LogP contribution in [-0.2, 0) is 6.54 Å². The molecule has 3 nitrogen and oxygen atoms in total. The van der Waals surface area contributed by atoms with Crippen LogP contribution < -0.4 is 5.32 Å². The molecular weight excluding hydrogens is 266 g/mol. The summed E-state index contributed by atoms with van der Waals surface area (Å²) in [5.74, 6) is 0.810. The minimum absolute atomic E-state index is 0.483. The monoisotopic (exact) mass is 285 g/mol. The van der Waals surface area contributed by atoms with E-state index in [0.29, 0.717) is 6.04 Å². The van der Waals surface area contributed by atoms with E-state index in [9.17, 15) is 0 Å². The first kappa shape index (κ1) is 12.1. The number of aryl methyl sites for hydroxylation is 1. The predicted octanol–water partition coefficient (Wildman–Crippen LogP) is 3.12. The first-order chi connectivity index (χ1) is 7.77. The molecule has 0 saturated heterocycles. The maximum Gasteiger partial charge on any atom is 0.0698 e. The van der Waals surface area contributed by atoms with Crippen LogP contribution in [-0.4, -0.2) is 16.3 Å². The zero-order chi connectivity index (χ0) is 11.5. The van der Waals surface area contributed by atoms with Crippen LogP contribution in [0, 0.1) is 5.92 Å². The second-order valence-electron chi connectivity index (χ2n) is 4.46. The Morgan fingerprint density at radius 2 is 2.31 bits per heavy atom. The topological polar surface area (TPSA) is 29.9 Å². The molecule has 0 bridgehead atoms. The lowest BCUT2D eigenvalue weighted by Crippen LogP contribution is -2.26. The lowest BCUT2D eigenvalue weighted by Gasteiger charge is -2.19. The Hall–Kier alpha value is -0.350. The summed E-state index contributed by atoms with van der Waals surface area (Å²) in [4.78, 5) is 0. The van der Waals surface area contributed by atoms with Crippen LogP contribution >= 0.6 is 15.9 Å². The molecule has 4 heteroatoms. The molecule has 90 valence electrons. The van der Waals surface area contributed by atoms with Crippen molar-refractivity contribution >= 4 is 15.9 Å². The van der Waals surface area contributed by atoms with Crippen LogP contribution in [0.25, 0.3) is 0 Å². The number of aromatic nitrogens is 2. The van der Waals surface area contributed by atoms with Crippen LogP contribution in [0.2, 0.25) is 0 Å². The van der Waals surface area contributed by atoms with E-state index in [4.69, 9.17) is 0 Å². The summed E-state index contributed by atoms with van der Waals surface area (Å²) in [6.07, 6.45) is 5.80. The molecule has 1 saturated carbocycles. The van der Waals surface area contributed by atoms with Gasteiger partial charge in [0.25, 0.3) is 0 Å². The van der Waals surface area contributed by atoms with Crippen molar-refractivity contribution in [2.24, 2.45) is 5.92 Å². The van der Waals surface area contributed by atoms with Gasteiger partial charge < -0.3 is 5.32 Å². The van der Waals surface area contributed by atoms with Crippen molar-refractivity contribution in [3.05, 3.63) is 16.4 Å². The van der Waals surface area contributed by atoms with Gasteiger partial charge in [-0.1, -0.05) is 6.92 Å². The van der Waals surface area contributed by atoms with Gasteiger partial charge in [-0.3, -0.25) is 4.68 Å². The lowest BCUT2D eigenvalue weighted by atomic mass is 10.1. The molecule has 0 spiro atoms. The summed E-state index contributed by atoms with van der Waals surface area (Å²) in [5, 5.41) is 8.06. The molecule has 0 radical (unpaired) electrons. The molecule has 1 heterocycles. The number of rotatable bonds is 6. The van der Waals surface area contributed by atoms with Gasteiger partial charge in [-0.25, -0.2) is 0 Å². The third kappa shape index (κ3) is 2.48. The Kier molecular flexibility index (Phi) is 4.03. The second kappa shape index (κ2) is 5.32. The number of halogens is 1. The number of hydrogen-bond donors (Lipinski definition) is 1. The minimum Gasteiger partial charge on any atom is -0.308 e. The van der Waals surface area contributed by atoms with E-state index in [0.717, 1.165) is 23.5 Å². The SMILES string of the molecule is CCCNC(c1c(Br)cnn1CC)C1CC1. The van der Waals surface area contributed by atoms with Crippen LogP contribution in [0.4, 0.5) is 0 Å². The summed E-state index contributed by atoms with van der Waals surface area (Å²) in [5.41, 5.74) is 1.33. The summed E-state index contributed by atoms with van der Waals surface area (Å²) in [7, 11) is 0. The van der Waals surface area contributed by atoms with Crippen LogP contribution in [0.1, 0.15) is 44.8 Å². The zero-order valence-electron chi connectivity index (χ0n) is 10.0. The van der Waals surface area contributed by atoms with Crippen molar-refractivity contribution in [3.8, 4) is 0 Å². The molecule has 1 aliphatic rings. The fourth-order valence-electron chi connectivity index (χ4n) is 2.15. The largest absolute Gasteiger partial charge is 0.308 e. The minimum atomic E-state index is 0.483. The van der Waals surface area contributed by atoms with Crippen molar-refractivity contribution < 1.29 is 0 Å². The van der Waals surface area contributed by atoms with Gasteiger partial charge in [0.15, 0.2) is 0 Å². The fraction of sp³-hybridized carbons (Fsp3) is 0.750. The molecule has 2 rings (SSSR count). The second-order valence-corrected chi connectivity index (χ2v) is 5.32. The highest BCUT2D eigenvalue weighted by molar-refractivity contribution is 9.10. The number of hydrogen-bond acceptors (Lipinski definition) is 2. The number of nitrogens with zero attached hydrogens (tertiary/aromatic N) is 2. The Morgan fingerprint density at radius 1 is 1.56 bits per heavy atom. The van der Waals surface area contributed by atoms with Gasteiger partial charge in [-0.2, -0.15) is 5.10 Å². The molecule has 1 N–H and O–H groups in total. The summed E-state index contributed by atoms with van der Waals surface area (Å²) < 4.78 is 3.25. The summed E-state index contributed by atoms with van der Waals surface area (Å²) in [6, 6.07) is 0.483. The smallest absolute Gasteiger partial charge is 0.0698 e. The Balaban J connectivity index is 2.19. The molecule has 1 aromatic heterocycles. The highest BCUT2D eigenvalue weighted by Gasteiger charge is 2.34. The highest BCUT2D eigenvalue weighted by atomic mass is 79.9. The third-order valence-corrected chi connectivity index (χ3v) is 3.75. The molecule has 16 heavy (non-hydrogen) atoms. The van der Waals surface area contributed by atoms with Gasteiger partial charge in [-0.15, -0.1) is 0 Å². The normalized spacial score (nSPS) is 17.7.